The second-order valence-corrected chi connectivity index (χ2v) is 6.93. The zero-order chi connectivity index (χ0) is 13.4. The molecule has 0 saturated heterocycles. The van der Waals surface area contributed by atoms with Crippen LogP contribution >= 0.6 is 0 Å². The Balaban J connectivity index is 3.18. The van der Waals surface area contributed by atoms with E-state index in [1.54, 1.807) is 32.9 Å². The maximum atomic E-state index is 13.5. The van der Waals surface area contributed by atoms with Crippen molar-refractivity contribution in [1.29, 1.82) is 0 Å². The van der Waals surface area contributed by atoms with E-state index in [2.05, 4.69) is 0 Å². The monoisotopic (exact) mass is 259 g/mol. The Bertz CT molecular complexity index is 502. The van der Waals surface area contributed by atoms with Crippen LogP contribution in [-0.4, -0.2) is 19.9 Å². The molecule has 0 amide bonds. The molecule has 96 valence electrons. The number of rotatable bonds is 3. The molecule has 2 N–H and O–H groups in total. The molecule has 5 heteroatoms. The Labute approximate surface area is 102 Å². The lowest BCUT2D eigenvalue weighted by molar-refractivity contribution is 0.569. The van der Waals surface area contributed by atoms with Crippen LogP contribution < -0.4 is 5.73 Å². The Morgan fingerprint density at radius 3 is 2.00 bits per heavy atom. The van der Waals surface area contributed by atoms with E-state index < -0.39 is 21.1 Å². The smallest absolute Gasteiger partial charge is 0.151 e. The molecule has 0 saturated carbocycles. The number of nitrogens with two attached hydrogens (primary N) is 1. The van der Waals surface area contributed by atoms with E-state index in [0.717, 1.165) is 6.26 Å². The van der Waals surface area contributed by atoms with Crippen molar-refractivity contribution in [2.75, 3.05) is 6.26 Å². The average Bonchev–Trinajstić information content (AvgIpc) is 2.21. The fourth-order valence-corrected chi connectivity index (χ4v) is 2.40. The molecular formula is C12H18FNO2S. The highest BCUT2D eigenvalue weighted by molar-refractivity contribution is 7.91. The largest absolute Gasteiger partial charge is 0.323 e. The molecule has 0 aliphatic carbocycles. The minimum Gasteiger partial charge on any atom is -0.323 e. The van der Waals surface area contributed by atoms with E-state index in [1.807, 2.05) is 0 Å². The average molecular weight is 259 g/mol. The summed E-state index contributed by atoms with van der Waals surface area (Å²) in [5, 5.41) is -0.688. The molecule has 0 aromatic heterocycles. The second kappa shape index (κ2) is 4.74. The first-order chi connectivity index (χ1) is 7.64. The van der Waals surface area contributed by atoms with Crippen LogP contribution in [0.2, 0.25) is 0 Å². The second-order valence-electron chi connectivity index (χ2n) is 4.53. The lowest BCUT2D eigenvalue weighted by Gasteiger charge is -2.20. The summed E-state index contributed by atoms with van der Waals surface area (Å²) in [7, 11) is -3.20. The normalized spacial score (nSPS) is 15.6. The molecule has 2 unspecified atom stereocenters. The standard InChI is InChI=1S/C12H18FNO2S/c1-7-5-10(6-8(2)11(7)13)12(14)9(3)17(4,15)16/h5-6,9,12H,14H2,1-4H3. The summed E-state index contributed by atoms with van der Waals surface area (Å²) >= 11 is 0. The van der Waals surface area contributed by atoms with Gasteiger partial charge in [0, 0.05) is 12.3 Å². The summed E-state index contributed by atoms with van der Waals surface area (Å²) in [6.45, 7) is 4.85. The number of sulfone groups is 1. The van der Waals surface area contributed by atoms with Crippen LogP contribution in [0.1, 0.15) is 29.7 Å². The third kappa shape index (κ3) is 3.04. The highest BCUT2D eigenvalue weighted by Gasteiger charge is 2.24. The number of hydrogen-bond acceptors (Lipinski definition) is 3. The van der Waals surface area contributed by atoms with Gasteiger partial charge in [-0.05, 0) is 37.5 Å². The highest BCUT2D eigenvalue weighted by atomic mass is 32.2. The van der Waals surface area contributed by atoms with Gasteiger partial charge in [-0.2, -0.15) is 0 Å². The molecule has 0 heterocycles. The summed E-state index contributed by atoms with van der Waals surface area (Å²) in [4.78, 5) is 0. The van der Waals surface area contributed by atoms with Crippen molar-refractivity contribution in [2.24, 2.45) is 5.73 Å². The fraction of sp³-hybridized carbons (Fsp3) is 0.500. The van der Waals surface area contributed by atoms with E-state index in [9.17, 15) is 12.8 Å². The first-order valence-corrected chi connectivity index (χ1v) is 7.31. The summed E-state index contributed by atoms with van der Waals surface area (Å²) in [5.74, 6) is -0.270. The maximum Gasteiger partial charge on any atom is 0.151 e. The van der Waals surface area contributed by atoms with Gasteiger partial charge in [0.25, 0.3) is 0 Å². The molecule has 1 aromatic carbocycles. The van der Waals surface area contributed by atoms with E-state index in [-0.39, 0.29) is 5.82 Å². The van der Waals surface area contributed by atoms with E-state index in [4.69, 9.17) is 5.73 Å². The number of halogens is 1. The van der Waals surface area contributed by atoms with Crippen LogP contribution in [0.3, 0.4) is 0 Å². The molecule has 0 fully saturated rings. The molecule has 0 aliphatic heterocycles. The first kappa shape index (κ1) is 14.1. The molecule has 17 heavy (non-hydrogen) atoms. The van der Waals surface area contributed by atoms with Crippen molar-refractivity contribution in [3.05, 3.63) is 34.6 Å². The third-order valence-corrected chi connectivity index (χ3v) is 4.67. The zero-order valence-corrected chi connectivity index (χ0v) is 11.3. The Hall–Kier alpha value is -0.940. The van der Waals surface area contributed by atoms with Crippen LogP contribution in [0.4, 0.5) is 4.39 Å². The van der Waals surface area contributed by atoms with Crippen LogP contribution in [0.5, 0.6) is 0 Å². The molecule has 0 spiro atoms. The van der Waals surface area contributed by atoms with Gasteiger partial charge in [-0.1, -0.05) is 12.1 Å². The van der Waals surface area contributed by atoms with Crippen LogP contribution in [0.15, 0.2) is 12.1 Å². The summed E-state index contributed by atoms with van der Waals surface area (Å²) in [5.41, 5.74) is 7.53. The van der Waals surface area contributed by atoms with Gasteiger partial charge in [0.1, 0.15) is 5.82 Å². The quantitative estimate of drug-likeness (QED) is 0.901. The van der Waals surface area contributed by atoms with Gasteiger partial charge >= 0.3 is 0 Å². The Kier molecular flexibility index (Phi) is 3.94. The van der Waals surface area contributed by atoms with Gasteiger partial charge < -0.3 is 5.73 Å². The number of aryl methyl sites for hydroxylation is 2. The highest BCUT2D eigenvalue weighted by Crippen LogP contribution is 2.23. The van der Waals surface area contributed by atoms with Crippen molar-refractivity contribution in [2.45, 2.75) is 32.1 Å². The lowest BCUT2D eigenvalue weighted by Crippen LogP contribution is -2.30. The van der Waals surface area contributed by atoms with Gasteiger partial charge in [0.05, 0.1) is 5.25 Å². The van der Waals surface area contributed by atoms with Crippen molar-refractivity contribution < 1.29 is 12.8 Å². The summed E-state index contributed by atoms with van der Waals surface area (Å²) < 4.78 is 36.3. The van der Waals surface area contributed by atoms with E-state index in [0.29, 0.717) is 16.7 Å². The summed E-state index contributed by atoms with van der Waals surface area (Å²) in [6.07, 6.45) is 1.15. The molecule has 1 aromatic rings. The Morgan fingerprint density at radius 1 is 1.24 bits per heavy atom. The molecule has 0 bridgehead atoms. The molecular weight excluding hydrogens is 241 g/mol. The van der Waals surface area contributed by atoms with E-state index >= 15 is 0 Å². The minimum absolute atomic E-state index is 0.270. The fourth-order valence-electron chi connectivity index (χ4n) is 1.71. The third-order valence-electron chi connectivity index (χ3n) is 3.02. The van der Waals surface area contributed by atoms with Crippen molar-refractivity contribution in [3.63, 3.8) is 0 Å². The molecule has 0 radical (unpaired) electrons. The summed E-state index contributed by atoms with van der Waals surface area (Å²) in [6, 6.07) is 2.58. The van der Waals surface area contributed by atoms with Gasteiger partial charge in [-0.25, -0.2) is 12.8 Å². The number of benzene rings is 1. The van der Waals surface area contributed by atoms with Crippen LogP contribution in [-0.2, 0) is 9.84 Å². The van der Waals surface area contributed by atoms with Crippen molar-refractivity contribution in [3.8, 4) is 0 Å². The number of hydrogen-bond donors (Lipinski definition) is 1. The topological polar surface area (TPSA) is 60.2 Å². The van der Waals surface area contributed by atoms with Crippen molar-refractivity contribution >= 4 is 9.84 Å². The lowest BCUT2D eigenvalue weighted by atomic mass is 9.99. The van der Waals surface area contributed by atoms with Gasteiger partial charge in [0.2, 0.25) is 0 Å². The predicted molar refractivity (Wildman–Crippen MR) is 67.1 cm³/mol. The minimum atomic E-state index is -3.20. The van der Waals surface area contributed by atoms with Crippen LogP contribution in [0.25, 0.3) is 0 Å². The molecule has 3 nitrogen and oxygen atoms in total. The van der Waals surface area contributed by atoms with Crippen LogP contribution in [0, 0.1) is 19.7 Å². The Morgan fingerprint density at radius 2 is 1.65 bits per heavy atom. The van der Waals surface area contributed by atoms with Crippen molar-refractivity contribution in [1.82, 2.24) is 0 Å². The van der Waals surface area contributed by atoms with Gasteiger partial charge in [-0.15, -0.1) is 0 Å². The van der Waals surface area contributed by atoms with Gasteiger partial charge in [-0.3, -0.25) is 0 Å². The zero-order valence-electron chi connectivity index (χ0n) is 10.5. The molecule has 2 atom stereocenters. The van der Waals surface area contributed by atoms with Gasteiger partial charge in [0.15, 0.2) is 9.84 Å². The SMILES string of the molecule is Cc1cc(C(N)C(C)S(C)(=O)=O)cc(C)c1F. The predicted octanol–water partition coefficient (Wildman–Crippen LogP) is 1.88. The maximum absolute atomic E-state index is 13.5. The first-order valence-electron chi connectivity index (χ1n) is 5.35. The van der Waals surface area contributed by atoms with E-state index in [1.165, 1.54) is 0 Å². The molecule has 1 rings (SSSR count). The molecule has 0 aliphatic rings.